The minimum atomic E-state index is -0.207. The molecule has 0 radical (unpaired) electrons. The van der Waals surface area contributed by atoms with Gasteiger partial charge in [0.15, 0.2) is 0 Å². The lowest BCUT2D eigenvalue weighted by Crippen LogP contribution is -2.39. The maximum atomic E-state index is 11.5. The van der Waals surface area contributed by atoms with Crippen LogP contribution < -0.4 is 11.1 Å². The first kappa shape index (κ1) is 15.1. The van der Waals surface area contributed by atoms with E-state index in [9.17, 15) is 4.79 Å². The van der Waals surface area contributed by atoms with Crippen molar-refractivity contribution in [3.8, 4) is 0 Å². The number of anilines is 1. The lowest BCUT2D eigenvalue weighted by molar-refractivity contribution is -0.122. The molecule has 2 aromatic rings. The number of hydrogen-bond acceptors (Lipinski definition) is 4. The summed E-state index contributed by atoms with van der Waals surface area (Å²) in [5, 5.41) is 7.74. The van der Waals surface area contributed by atoms with Crippen molar-refractivity contribution >= 4 is 22.9 Å². The van der Waals surface area contributed by atoms with Crippen LogP contribution in [0.1, 0.15) is 24.0 Å². The van der Waals surface area contributed by atoms with Crippen LogP contribution in [0.2, 0.25) is 0 Å². The van der Waals surface area contributed by atoms with Gasteiger partial charge in [-0.3, -0.25) is 9.69 Å². The largest absolute Gasteiger partial charge is 0.381 e. The molecule has 116 valence electrons. The molecule has 22 heavy (non-hydrogen) atoms. The highest BCUT2D eigenvalue weighted by molar-refractivity contribution is 7.07. The molecule has 1 aromatic heterocycles. The molecule has 1 amide bonds. The normalized spacial score (nSPS) is 18.5. The highest BCUT2D eigenvalue weighted by Gasteiger charge is 2.29. The summed E-state index contributed by atoms with van der Waals surface area (Å²) < 4.78 is 0. The second kappa shape index (κ2) is 6.94. The van der Waals surface area contributed by atoms with E-state index in [-0.39, 0.29) is 11.9 Å². The van der Waals surface area contributed by atoms with Gasteiger partial charge < -0.3 is 11.1 Å². The van der Waals surface area contributed by atoms with E-state index in [2.05, 4.69) is 39.2 Å². The second-order valence-electron chi connectivity index (χ2n) is 5.67. The van der Waals surface area contributed by atoms with Crippen LogP contribution in [0.5, 0.6) is 0 Å². The Hall–Kier alpha value is -1.85. The summed E-state index contributed by atoms with van der Waals surface area (Å²) in [6.07, 6.45) is 1.91. The van der Waals surface area contributed by atoms with Gasteiger partial charge in [-0.25, -0.2) is 0 Å². The van der Waals surface area contributed by atoms with Crippen LogP contribution in [-0.2, 0) is 17.9 Å². The topological polar surface area (TPSA) is 58.4 Å². The Morgan fingerprint density at radius 1 is 1.36 bits per heavy atom. The summed E-state index contributed by atoms with van der Waals surface area (Å²) in [7, 11) is 0. The highest BCUT2D eigenvalue weighted by Crippen LogP contribution is 2.24. The van der Waals surface area contributed by atoms with E-state index in [0.29, 0.717) is 0 Å². The van der Waals surface area contributed by atoms with Crippen LogP contribution in [0.3, 0.4) is 0 Å². The van der Waals surface area contributed by atoms with Crippen molar-refractivity contribution in [3.05, 3.63) is 52.2 Å². The number of rotatable bonds is 6. The van der Waals surface area contributed by atoms with Crippen molar-refractivity contribution in [2.75, 3.05) is 11.9 Å². The molecule has 0 saturated carbocycles. The summed E-state index contributed by atoms with van der Waals surface area (Å²) >= 11 is 1.71. The third-order valence-corrected chi connectivity index (χ3v) is 4.88. The molecule has 0 spiro atoms. The van der Waals surface area contributed by atoms with Gasteiger partial charge in [0.2, 0.25) is 5.91 Å². The number of hydrogen-bond donors (Lipinski definition) is 2. The van der Waals surface area contributed by atoms with Crippen molar-refractivity contribution in [1.29, 1.82) is 0 Å². The van der Waals surface area contributed by atoms with E-state index in [1.54, 1.807) is 11.3 Å². The Balaban J connectivity index is 1.69. The van der Waals surface area contributed by atoms with E-state index in [1.807, 2.05) is 12.1 Å². The van der Waals surface area contributed by atoms with Gasteiger partial charge in [0.25, 0.3) is 0 Å². The molecule has 1 unspecified atom stereocenters. The molecular formula is C17H21N3OS. The van der Waals surface area contributed by atoms with E-state index >= 15 is 0 Å². The number of primary amides is 1. The number of amides is 1. The quantitative estimate of drug-likeness (QED) is 0.862. The van der Waals surface area contributed by atoms with Crippen LogP contribution in [-0.4, -0.2) is 23.4 Å². The number of benzene rings is 1. The molecule has 1 aromatic carbocycles. The molecule has 5 heteroatoms. The number of nitrogens with two attached hydrogens (primary N) is 1. The SMILES string of the molecule is NC(=O)C1CCCN1Cc1ccccc1NCc1ccsc1. The number of nitrogens with zero attached hydrogens (tertiary/aromatic N) is 1. The molecule has 3 rings (SSSR count). The molecule has 1 aliphatic heterocycles. The number of para-hydroxylation sites is 1. The van der Waals surface area contributed by atoms with Crippen molar-refractivity contribution in [2.24, 2.45) is 5.73 Å². The van der Waals surface area contributed by atoms with Crippen LogP contribution >= 0.6 is 11.3 Å². The van der Waals surface area contributed by atoms with E-state index < -0.39 is 0 Å². The predicted octanol–water partition coefficient (Wildman–Crippen LogP) is 2.81. The minimum absolute atomic E-state index is 0.120. The lowest BCUT2D eigenvalue weighted by Gasteiger charge is -2.23. The molecule has 1 saturated heterocycles. The summed E-state index contributed by atoms with van der Waals surface area (Å²) in [6, 6.07) is 10.3. The van der Waals surface area contributed by atoms with Crippen LogP contribution in [0.25, 0.3) is 0 Å². The Kier molecular flexibility index (Phi) is 4.75. The van der Waals surface area contributed by atoms with Gasteiger partial charge in [0, 0.05) is 18.8 Å². The minimum Gasteiger partial charge on any atom is -0.381 e. The molecular weight excluding hydrogens is 294 g/mol. The standard InChI is InChI=1S/C17H21N3OS/c18-17(21)16-6-3-8-20(16)11-14-4-1-2-5-15(14)19-10-13-7-9-22-12-13/h1-2,4-5,7,9,12,16,19H,3,6,8,10-11H2,(H2,18,21). The number of carbonyl (C=O) groups excluding carboxylic acids is 1. The van der Waals surface area contributed by atoms with Gasteiger partial charge in [-0.1, -0.05) is 18.2 Å². The van der Waals surface area contributed by atoms with E-state index in [1.165, 1.54) is 11.1 Å². The van der Waals surface area contributed by atoms with Crippen LogP contribution in [0, 0.1) is 0 Å². The Labute approximate surface area is 134 Å². The van der Waals surface area contributed by atoms with Crippen molar-refractivity contribution in [2.45, 2.75) is 32.0 Å². The molecule has 1 atom stereocenters. The number of likely N-dealkylation sites (tertiary alicyclic amines) is 1. The van der Waals surface area contributed by atoms with Gasteiger partial charge >= 0.3 is 0 Å². The first-order valence-corrected chi connectivity index (χ1v) is 8.54. The number of thiophene rings is 1. The smallest absolute Gasteiger partial charge is 0.234 e. The maximum Gasteiger partial charge on any atom is 0.234 e. The molecule has 4 nitrogen and oxygen atoms in total. The summed E-state index contributed by atoms with van der Waals surface area (Å²) in [5.74, 6) is -0.207. The highest BCUT2D eigenvalue weighted by atomic mass is 32.1. The molecule has 0 bridgehead atoms. The first-order chi connectivity index (χ1) is 10.7. The Morgan fingerprint density at radius 3 is 3.00 bits per heavy atom. The summed E-state index contributed by atoms with van der Waals surface area (Å²) in [5.41, 5.74) is 9.14. The van der Waals surface area contributed by atoms with Crippen molar-refractivity contribution in [1.82, 2.24) is 4.90 Å². The van der Waals surface area contributed by atoms with E-state index in [4.69, 9.17) is 5.73 Å². The molecule has 2 heterocycles. The zero-order chi connectivity index (χ0) is 15.4. The monoisotopic (exact) mass is 315 g/mol. The second-order valence-corrected chi connectivity index (χ2v) is 6.45. The maximum absolute atomic E-state index is 11.5. The Morgan fingerprint density at radius 2 is 2.23 bits per heavy atom. The molecule has 3 N–H and O–H groups in total. The van der Waals surface area contributed by atoms with Crippen LogP contribution in [0.4, 0.5) is 5.69 Å². The summed E-state index contributed by atoms with van der Waals surface area (Å²) in [6.45, 7) is 2.52. The Bertz CT molecular complexity index is 627. The van der Waals surface area contributed by atoms with Crippen molar-refractivity contribution < 1.29 is 4.79 Å². The molecule has 1 fully saturated rings. The fraction of sp³-hybridized carbons (Fsp3) is 0.353. The first-order valence-electron chi connectivity index (χ1n) is 7.60. The average molecular weight is 315 g/mol. The third-order valence-electron chi connectivity index (χ3n) is 4.15. The predicted molar refractivity (Wildman–Crippen MR) is 90.7 cm³/mol. The van der Waals surface area contributed by atoms with Gasteiger partial charge in [0.1, 0.15) is 0 Å². The number of nitrogens with one attached hydrogen (secondary N) is 1. The van der Waals surface area contributed by atoms with Gasteiger partial charge in [-0.2, -0.15) is 11.3 Å². The molecule has 0 aliphatic carbocycles. The van der Waals surface area contributed by atoms with Gasteiger partial charge in [0.05, 0.1) is 6.04 Å². The zero-order valence-corrected chi connectivity index (χ0v) is 13.3. The zero-order valence-electron chi connectivity index (χ0n) is 12.5. The fourth-order valence-corrected chi connectivity index (χ4v) is 3.65. The van der Waals surface area contributed by atoms with Gasteiger partial charge in [-0.05, 0) is 53.4 Å². The van der Waals surface area contributed by atoms with Gasteiger partial charge in [-0.15, -0.1) is 0 Å². The summed E-state index contributed by atoms with van der Waals surface area (Å²) in [4.78, 5) is 13.7. The van der Waals surface area contributed by atoms with E-state index in [0.717, 1.165) is 38.2 Å². The number of carbonyl (C=O) groups is 1. The average Bonchev–Trinajstić information content (AvgIpc) is 3.17. The fourth-order valence-electron chi connectivity index (χ4n) is 2.98. The molecule has 1 aliphatic rings. The van der Waals surface area contributed by atoms with Crippen molar-refractivity contribution in [3.63, 3.8) is 0 Å². The van der Waals surface area contributed by atoms with Crippen LogP contribution in [0.15, 0.2) is 41.1 Å². The third kappa shape index (κ3) is 3.48. The lowest BCUT2D eigenvalue weighted by atomic mass is 10.1.